The molecule has 4 heteroatoms. The minimum Gasteiger partial charge on any atom is -0.308 e. The van der Waals surface area contributed by atoms with E-state index in [4.69, 9.17) is 4.98 Å². The van der Waals surface area contributed by atoms with Crippen LogP contribution in [0.25, 0.3) is 0 Å². The van der Waals surface area contributed by atoms with Crippen molar-refractivity contribution in [3.63, 3.8) is 0 Å². The smallest absolute Gasteiger partial charge is 0.0985 e. The van der Waals surface area contributed by atoms with E-state index in [1.165, 1.54) is 15.6 Å². The molecule has 0 aromatic carbocycles. The first-order valence-corrected chi connectivity index (χ1v) is 8.72. The van der Waals surface area contributed by atoms with Crippen LogP contribution in [-0.4, -0.2) is 36.6 Å². The van der Waals surface area contributed by atoms with Gasteiger partial charge in [-0.15, -0.1) is 11.3 Å². The molecular formula is C17H33N3S. The number of aryl methyl sites for hydroxylation is 1. The molecule has 1 N–H and O–H groups in total. The van der Waals surface area contributed by atoms with Gasteiger partial charge >= 0.3 is 0 Å². The summed E-state index contributed by atoms with van der Waals surface area (Å²) in [5, 5.41) is 5.03. The molecule has 2 atom stereocenters. The molecule has 1 aromatic heterocycles. The lowest BCUT2D eigenvalue weighted by molar-refractivity contribution is 0.274. The first-order valence-electron chi connectivity index (χ1n) is 7.91. The Kier molecular flexibility index (Phi) is 6.38. The van der Waals surface area contributed by atoms with Crippen LogP contribution in [0, 0.1) is 12.8 Å². The normalized spacial score (nSPS) is 15.8. The third-order valence-corrected chi connectivity index (χ3v) is 5.46. The second kappa shape index (κ2) is 7.21. The van der Waals surface area contributed by atoms with Crippen molar-refractivity contribution >= 4 is 11.3 Å². The van der Waals surface area contributed by atoms with Gasteiger partial charge in [0.25, 0.3) is 0 Å². The second-order valence-corrected chi connectivity index (χ2v) is 8.75. The maximum atomic E-state index is 4.78. The molecule has 1 aromatic rings. The molecule has 3 nitrogen and oxygen atoms in total. The van der Waals surface area contributed by atoms with Gasteiger partial charge in [-0.3, -0.25) is 0 Å². The third-order valence-electron chi connectivity index (χ3n) is 3.70. The quantitative estimate of drug-likeness (QED) is 0.861. The van der Waals surface area contributed by atoms with Gasteiger partial charge in [0.1, 0.15) is 0 Å². The number of hydrogen-bond donors (Lipinski definition) is 1. The van der Waals surface area contributed by atoms with Gasteiger partial charge in [-0.1, -0.05) is 34.6 Å². The number of hydrogen-bond acceptors (Lipinski definition) is 4. The SMILES string of the molecule is Cc1nc(C(C)(C)C)sc1C(C)NC(CN(C)C)C(C)C. The van der Waals surface area contributed by atoms with Crippen molar-refractivity contribution in [3.05, 3.63) is 15.6 Å². The zero-order valence-corrected chi connectivity index (χ0v) is 16.1. The predicted molar refractivity (Wildman–Crippen MR) is 94.3 cm³/mol. The van der Waals surface area contributed by atoms with Gasteiger partial charge in [-0.25, -0.2) is 4.98 Å². The molecule has 0 saturated carbocycles. The molecule has 0 aliphatic heterocycles. The van der Waals surface area contributed by atoms with Crippen LogP contribution in [0.4, 0.5) is 0 Å². The summed E-state index contributed by atoms with van der Waals surface area (Å²) < 4.78 is 0. The van der Waals surface area contributed by atoms with E-state index in [1.807, 2.05) is 11.3 Å². The topological polar surface area (TPSA) is 28.2 Å². The predicted octanol–water partition coefficient (Wildman–Crippen LogP) is 3.99. The molecule has 122 valence electrons. The van der Waals surface area contributed by atoms with Crippen LogP contribution >= 0.6 is 11.3 Å². The Hall–Kier alpha value is -0.450. The number of rotatable bonds is 6. The van der Waals surface area contributed by atoms with E-state index in [0.717, 1.165) is 6.54 Å². The van der Waals surface area contributed by atoms with Crippen molar-refractivity contribution < 1.29 is 0 Å². The van der Waals surface area contributed by atoms with Crippen LogP contribution in [0.2, 0.25) is 0 Å². The fourth-order valence-electron chi connectivity index (χ4n) is 2.38. The molecule has 21 heavy (non-hydrogen) atoms. The van der Waals surface area contributed by atoms with Crippen LogP contribution in [0.5, 0.6) is 0 Å². The van der Waals surface area contributed by atoms with Crippen LogP contribution in [0.15, 0.2) is 0 Å². The summed E-state index contributed by atoms with van der Waals surface area (Å²) in [6, 6.07) is 0.848. The number of thiazole rings is 1. The van der Waals surface area contributed by atoms with Gasteiger partial charge in [0.15, 0.2) is 0 Å². The first kappa shape index (κ1) is 18.6. The van der Waals surface area contributed by atoms with Gasteiger partial charge in [-0.05, 0) is 33.9 Å². The monoisotopic (exact) mass is 311 g/mol. The molecule has 1 heterocycles. The van der Waals surface area contributed by atoms with Gasteiger partial charge < -0.3 is 10.2 Å². The Morgan fingerprint density at radius 3 is 2.14 bits per heavy atom. The molecule has 0 radical (unpaired) electrons. The zero-order chi connectivity index (χ0) is 16.4. The summed E-state index contributed by atoms with van der Waals surface area (Å²) in [5.74, 6) is 0.616. The van der Waals surface area contributed by atoms with Gasteiger partial charge in [0.05, 0.1) is 10.7 Å². The minimum atomic E-state index is 0.133. The highest BCUT2D eigenvalue weighted by Crippen LogP contribution is 2.32. The molecule has 1 rings (SSSR count). The first-order chi connectivity index (χ1) is 9.52. The van der Waals surface area contributed by atoms with Gasteiger partial charge in [-0.2, -0.15) is 0 Å². The van der Waals surface area contributed by atoms with E-state index in [2.05, 4.69) is 72.8 Å². The molecule has 0 spiro atoms. The Balaban J connectivity index is 2.87. The molecule has 0 aliphatic carbocycles. The number of nitrogens with zero attached hydrogens (tertiary/aromatic N) is 2. The van der Waals surface area contributed by atoms with Crippen molar-refractivity contribution in [2.45, 2.75) is 66.0 Å². The van der Waals surface area contributed by atoms with E-state index < -0.39 is 0 Å². The average Bonchev–Trinajstić information content (AvgIpc) is 2.69. The Labute approximate surface area is 135 Å². The van der Waals surface area contributed by atoms with E-state index >= 15 is 0 Å². The average molecular weight is 312 g/mol. The molecule has 0 fully saturated rings. The van der Waals surface area contributed by atoms with Crippen LogP contribution in [0.1, 0.15) is 63.2 Å². The Morgan fingerprint density at radius 1 is 1.19 bits per heavy atom. The van der Waals surface area contributed by atoms with Crippen LogP contribution < -0.4 is 5.32 Å². The lowest BCUT2D eigenvalue weighted by atomic mass is 9.98. The molecule has 0 amide bonds. The van der Waals surface area contributed by atoms with E-state index in [0.29, 0.717) is 18.0 Å². The van der Waals surface area contributed by atoms with Crippen molar-refractivity contribution in [3.8, 4) is 0 Å². The molecule has 0 saturated heterocycles. The molecule has 0 bridgehead atoms. The number of likely N-dealkylation sites (N-methyl/N-ethyl adjacent to an activating group) is 1. The highest BCUT2D eigenvalue weighted by Gasteiger charge is 2.24. The van der Waals surface area contributed by atoms with E-state index in [9.17, 15) is 0 Å². The molecule has 0 aliphatic rings. The number of nitrogens with one attached hydrogen (secondary N) is 1. The van der Waals surface area contributed by atoms with Crippen molar-refractivity contribution in [2.75, 3.05) is 20.6 Å². The highest BCUT2D eigenvalue weighted by atomic mass is 32.1. The fraction of sp³-hybridized carbons (Fsp3) is 0.824. The lowest BCUT2D eigenvalue weighted by Gasteiger charge is -2.28. The van der Waals surface area contributed by atoms with E-state index in [-0.39, 0.29) is 5.41 Å². The summed E-state index contributed by atoms with van der Waals surface area (Å²) in [6.45, 7) is 16.7. The summed E-state index contributed by atoms with van der Waals surface area (Å²) >= 11 is 1.86. The fourth-order valence-corrected chi connectivity index (χ4v) is 3.51. The van der Waals surface area contributed by atoms with Crippen molar-refractivity contribution in [1.82, 2.24) is 15.2 Å². The van der Waals surface area contributed by atoms with Crippen LogP contribution in [0.3, 0.4) is 0 Å². The van der Waals surface area contributed by atoms with Gasteiger partial charge in [0, 0.05) is 28.9 Å². The van der Waals surface area contributed by atoms with Crippen molar-refractivity contribution in [2.24, 2.45) is 5.92 Å². The largest absolute Gasteiger partial charge is 0.308 e. The second-order valence-electron chi connectivity index (χ2n) is 7.72. The van der Waals surface area contributed by atoms with Crippen molar-refractivity contribution in [1.29, 1.82) is 0 Å². The third kappa shape index (κ3) is 5.35. The Morgan fingerprint density at radius 2 is 1.76 bits per heavy atom. The molecular weight excluding hydrogens is 278 g/mol. The maximum Gasteiger partial charge on any atom is 0.0985 e. The molecule has 2 unspecified atom stereocenters. The maximum absolute atomic E-state index is 4.78. The summed E-state index contributed by atoms with van der Waals surface area (Å²) in [5.41, 5.74) is 1.31. The highest BCUT2D eigenvalue weighted by molar-refractivity contribution is 7.12. The summed E-state index contributed by atoms with van der Waals surface area (Å²) in [6.07, 6.45) is 0. The van der Waals surface area contributed by atoms with Crippen LogP contribution in [-0.2, 0) is 5.41 Å². The lowest BCUT2D eigenvalue weighted by Crippen LogP contribution is -2.43. The minimum absolute atomic E-state index is 0.133. The Bertz CT molecular complexity index is 443. The summed E-state index contributed by atoms with van der Waals surface area (Å²) in [4.78, 5) is 8.42. The van der Waals surface area contributed by atoms with E-state index in [1.54, 1.807) is 0 Å². The standard InChI is InChI=1S/C17H33N3S/c1-11(2)14(10-20(8)9)18-12(3)15-13(4)19-16(21-15)17(5,6)7/h11-12,14,18H,10H2,1-9H3. The summed E-state index contributed by atoms with van der Waals surface area (Å²) in [7, 11) is 4.27. The number of aromatic nitrogens is 1. The zero-order valence-electron chi connectivity index (χ0n) is 15.2. The van der Waals surface area contributed by atoms with Gasteiger partial charge in [0.2, 0.25) is 0 Å².